The SMILES string of the molecule is O=C(OP(=O)([O-])O)[C@H](O)[C@@H](O)[C@H](O)[C@@H](O)CO.[Na+]. The van der Waals surface area contributed by atoms with Crippen molar-refractivity contribution in [3.63, 3.8) is 0 Å². The van der Waals surface area contributed by atoms with Crippen molar-refractivity contribution in [1.82, 2.24) is 0 Å². The number of carbonyl (C=O) groups excluding carboxylic acids is 1. The van der Waals surface area contributed by atoms with E-state index in [2.05, 4.69) is 4.52 Å². The number of hydrogen-bond acceptors (Lipinski definition) is 9. The van der Waals surface area contributed by atoms with E-state index in [4.69, 9.17) is 30.4 Å². The van der Waals surface area contributed by atoms with E-state index in [-0.39, 0.29) is 29.6 Å². The minimum atomic E-state index is -5.44. The quantitative estimate of drug-likeness (QED) is 0.203. The normalized spacial score (nSPS) is 20.8. The second-order valence-corrected chi connectivity index (χ2v) is 4.17. The van der Waals surface area contributed by atoms with Gasteiger partial charge in [0.05, 0.1) is 6.61 Å². The Morgan fingerprint density at radius 1 is 1.22 bits per heavy atom. The third-order valence-corrected chi connectivity index (χ3v) is 2.11. The summed E-state index contributed by atoms with van der Waals surface area (Å²) < 4.78 is 13.5. The molecule has 0 saturated heterocycles. The van der Waals surface area contributed by atoms with E-state index in [1.807, 2.05) is 0 Å². The topological polar surface area (TPSA) is 188 Å². The van der Waals surface area contributed by atoms with Crippen LogP contribution in [0.2, 0.25) is 0 Å². The Bertz CT molecular complexity index is 305. The van der Waals surface area contributed by atoms with Crippen LogP contribution in [0.4, 0.5) is 0 Å². The van der Waals surface area contributed by atoms with Gasteiger partial charge in [-0.25, -0.2) is 4.79 Å². The summed E-state index contributed by atoms with van der Waals surface area (Å²) in [5, 5.41) is 44.5. The molecule has 18 heavy (non-hydrogen) atoms. The third kappa shape index (κ3) is 7.12. The summed E-state index contributed by atoms with van der Waals surface area (Å²) in [6.07, 6.45) is -8.82. The number of hydrogen-bond donors (Lipinski definition) is 6. The molecule has 0 aromatic rings. The van der Waals surface area contributed by atoms with E-state index >= 15 is 0 Å². The molecule has 0 saturated carbocycles. The standard InChI is InChI=1S/C6H13O10P.Na/c7-1-2(8)3(9)4(10)5(11)6(12)16-17(13,14)15;/h2-5,7-11H,1H2,(H2,13,14,15);/q;+1/p-1/t2-,3+,4-,5+;/m0./s1. The number of aliphatic hydroxyl groups is 5. The van der Waals surface area contributed by atoms with Crippen LogP contribution in [-0.4, -0.2) is 67.4 Å². The molecule has 6 N–H and O–H groups in total. The van der Waals surface area contributed by atoms with Crippen LogP contribution in [0.15, 0.2) is 0 Å². The summed E-state index contributed by atoms with van der Waals surface area (Å²) in [5.74, 6) is -1.94. The number of rotatable bonds is 6. The minimum absolute atomic E-state index is 0. The average molecular weight is 298 g/mol. The van der Waals surface area contributed by atoms with Crippen LogP contribution in [-0.2, 0) is 13.9 Å². The van der Waals surface area contributed by atoms with Crippen molar-refractivity contribution in [2.75, 3.05) is 6.61 Å². The van der Waals surface area contributed by atoms with Gasteiger partial charge in [0.1, 0.15) is 18.3 Å². The molecular formula is C6H12NaO10P. The molecule has 0 spiro atoms. The summed E-state index contributed by atoms with van der Waals surface area (Å²) in [6.45, 7) is -0.972. The molecule has 0 bridgehead atoms. The van der Waals surface area contributed by atoms with Crippen molar-refractivity contribution in [3.05, 3.63) is 0 Å². The molecule has 0 aliphatic heterocycles. The first-order valence-corrected chi connectivity index (χ1v) is 5.70. The van der Waals surface area contributed by atoms with Crippen LogP contribution in [0, 0.1) is 0 Å². The molecule has 0 heterocycles. The summed E-state index contributed by atoms with van der Waals surface area (Å²) >= 11 is 0. The van der Waals surface area contributed by atoms with Crippen molar-refractivity contribution >= 4 is 13.8 Å². The van der Waals surface area contributed by atoms with Crippen LogP contribution in [0.1, 0.15) is 0 Å². The first-order valence-electron chi connectivity index (χ1n) is 4.20. The van der Waals surface area contributed by atoms with E-state index in [1.165, 1.54) is 0 Å². The third-order valence-electron chi connectivity index (χ3n) is 1.70. The van der Waals surface area contributed by atoms with E-state index in [9.17, 15) is 14.3 Å². The van der Waals surface area contributed by atoms with Gasteiger partial charge >= 0.3 is 43.3 Å². The van der Waals surface area contributed by atoms with Gasteiger partial charge in [-0.2, -0.15) is 0 Å². The fraction of sp³-hybridized carbons (Fsp3) is 0.833. The predicted molar refractivity (Wildman–Crippen MR) is 47.0 cm³/mol. The number of phosphoric ester groups is 1. The zero-order chi connectivity index (χ0) is 13.8. The zero-order valence-corrected chi connectivity index (χ0v) is 12.2. The second-order valence-electron chi connectivity index (χ2n) is 3.05. The van der Waals surface area contributed by atoms with Crippen molar-refractivity contribution in [1.29, 1.82) is 0 Å². The average Bonchev–Trinajstić information content (AvgIpc) is 2.22. The van der Waals surface area contributed by atoms with Crippen LogP contribution in [0.5, 0.6) is 0 Å². The van der Waals surface area contributed by atoms with Crippen LogP contribution >= 0.6 is 7.82 Å². The molecule has 1 unspecified atom stereocenters. The summed E-state index contributed by atoms with van der Waals surface area (Å²) in [5.41, 5.74) is 0. The van der Waals surface area contributed by atoms with Crippen molar-refractivity contribution < 1.29 is 78.8 Å². The van der Waals surface area contributed by atoms with E-state index in [1.54, 1.807) is 0 Å². The summed E-state index contributed by atoms with van der Waals surface area (Å²) in [6, 6.07) is 0. The van der Waals surface area contributed by atoms with Crippen LogP contribution in [0.25, 0.3) is 0 Å². The van der Waals surface area contributed by atoms with Crippen molar-refractivity contribution in [3.8, 4) is 0 Å². The van der Waals surface area contributed by atoms with E-state index < -0.39 is 44.8 Å². The number of phosphoric acid groups is 1. The van der Waals surface area contributed by atoms with Gasteiger partial charge in [0.2, 0.25) is 0 Å². The molecule has 0 aliphatic carbocycles. The van der Waals surface area contributed by atoms with Gasteiger partial charge in [-0.15, -0.1) is 0 Å². The number of aliphatic hydroxyl groups excluding tert-OH is 5. The van der Waals surface area contributed by atoms with Gasteiger partial charge in [-0.05, 0) is 0 Å². The fourth-order valence-electron chi connectivity index (χ4n) is 0.829. The first kappa shape index (κ1) is 20.7. The first-order chi connectivity index (χ1) is 7.60. The van der Waals surface area contributed by atoms with Crippen molar-refractivity contribution in [2.45, 2.75) is 24.4 Å². The maximum Gasteiger partial charge on any atom is 1.00 e. The Hall–Kier alpha value is 0.420. The molecule has 0 rings (SSSR count). The van der Waals surface area contributed by atoms with Crippen molar-refractivity contribution in [2.24, 2.45) is 0 Å². The fourth-order valence-corrected chi connectivity index (χ4v) is 1.16. The molecule has 5 atom stereocenters. The molecule has 0 amide bonds. The van der Waals surface area contributed by atoms with Gasteiger partial charge < -0.3 is 39.8 Å². The van der Waals surface area contributed by atoms with Gasteiger partial charge in [0.15, 0.2) is 6.10 Å². The van der Waals surface area contributed by atoms with Gasteiger partial charge in [0.25, 0.3) is 0 Å². The molecule has 12 heteroatoms. The van der Waals surface area contributed by atoms with E-state index in [0.717, 1.165) is 0 Å². The Morgan fingerprint density at radius 2 is 1.67 bits per heavy atom. The molecule has 0 radical (unpaired) electrons. The molecule has 0 aromatic heterocycles. The Morgan fingerprint density at radius 3 is 2.00 bits per heavy atom. The largest absolute Gasteiger partial charge is 1.00 e. The van der Waals surface area contributed by atoms with Gasteiger partial charge in [-0.1, -0.05) is 0 Å². The maximum atomic E-state index is 10.8. The Balaban J connectivity index is 0. The molecule has 10 nitrogen and oxygen atoms in total. The smallest absolute Gasteiger partial charge is 0.746 e. The maximum absolute atomic E-state index is 10.8. The molecule has 0 aromatic carbocycles. The molecular weight excluding hydrogens is 286 g/mol. The minimum Gasteiger partial charge on any atom is -0.746 e. The van der Waals surface area contributed by atoms with Gasteiger partial charge in [0, 0.05) is 0 Å². The molecule has 0 fully saturated rings. The van der Waals surface area contributed by atoms with Gasteiger partial charge in [-0.3, -0.25) is 4.57 Å². The predicted octanol–water partition coefficient (Wildman–Crippen LogP) is -7.57. The summed E-state index contributed by atoms with van der Waals surface area (Å²) in [4.78, 5) is 29.0. The van der Waals surface area contributed by atoms with Crippen LogP contribution in [0.3, 0.4) is 0 Å². The number of carbonyl (C=O) groups is 1. The molecule has 102 valence electrons. The monoisotopic (exact) mass is 298 g/mol. The zero-order valence-electron chi connectivity index (χ0n) is 9.28. The van der Waals surface area contributed by atoms with Crippen LogP contribution < -0.4 is 34.5 Å². The van der Waals surface area contributed by atoms with E-state index in [0.29, 0.717) is 0 Å². The Labute approximate surface area is 123 Å². The Kier molecular flexibility index (Phi) is 9.86. The second kappa shape index (κ2) is 8.56. The molecule has 0 aliphatic rings. The summed E-state index contributed by atoms with van der Waals surface area (Å²) in [7, 11) is -5.44.